The number of nitrogens with two attached hydrogens (primary N) is 1. The molecule has 0 atom stereocenters. The maximum Gasteiger partial charge on any atom is 0.336 e. The zero-order valence-electron chi connectivity index (χ0n) is 16.9. The molecular formula is C25H26N2O2. The molecule has 0 amide bonds. The normalized spacial score (nSPS) is 11.4. The summed E-state index contributed by atoms with van der Waals surface area (Å²) in [5.74, 6) is -0.894. The number of aryl methyl sites for hydroxylation is 3. The second-order valence-electron chi connectivity index (χ2n) is 7.69. The molecule has 0 aliphatic rings. The minimum absolute atomic E-state index is 0.354. The number of carboxylic acids is 1. The van der Waals surface area contributed by atoms with Gasteiger partial charge < -0.3 is 15.8 Å². The summed E-state index contributed by atoms with van der Waals surface area (Å²) in [7, 11) is 0. The Morgan fingerprint density at radius 3 is 2.41 bits per heavy atom. The molecule has 4 rings (SSSR count). The number of unbranched alkanes of at least 4 members (excludes halogenated alkanes) is 1. The summed E-state index contributed by atoms with van der Waals surface area (Å²) in [6, 6.07) is 16.3. The van der Waals surface area contributed by atoms with Gasteiger partial charge in [-0.3, -0.25) is 0 Å². The van der Waals surface area contributed by atoms with E-state index in [-0.39, 0.29) is 0 Å². The number of carboxylic acid groups (broad SMARTS) is 1. The molecule has 29 heavy (non-hydrogen) atoms. The molecule has 4 nitrogen and oxygen atoms in total. The van der Waals surface area contributed by atoms with Crippen LogP contribution in [0.5, 0.6) is 0 Å². The molecule has 0 spiro atoms. The lowest BCUT2D eigenvalue weighted by molar-refractivity contribution is 0.0699. The molecule has 0 aliphatic carbocycles. The molecule has 0 aliphatic heterocycles. The standard InChI is InChI=1S/C25H26N2O2/c1-15-10-12-19(18-8-4-3-7-17(15)18)24-20(9-5-6-14-26)22-21(25(28)29)13-11-16(2)23(22)27-24/h3-4,7-8,10-13,27H,5-6,9,14,26H2,1-2H3,(H,28,29). The Balaban J connectivity index is 2.06. The number of hydrogen-bond acceptors (Lipinski definition) is 2. The van der Waals surface area contributed by atoms with Crippen molar-refractivity contribution >= 4 is 27.6 Å². The molecule has 4 heteroatoms. The molecular weight excluding hydrogens is 360 g/mol. The van der Waals surface area contributed by atoms with Gasteiger partial charge in [-0.05, 0) is 73.2 Å². The first kappa shape index (κ1) is 19.2. The maximum atomic E-state index is 12.0. The summed E-state index contributed by atoms with van der Waals surface area (Å²) in [6.07, 6.45) is 2.63. The van der Waals surface area contributed by atoms with E-state index < -0.39 is 5.97 Å². The van der Waals surface area contributed by atoms with Crippen molar-refractivity contribution in [3.8, 4) is 11.3 Å². The third-order valence-corrected chi connectivity index (χ3v) is 5.79. The number of aromatic amines is 1. The maximum absolute atomic E-state index is 12.0. The minimum Gasteiger partial charge on any atom is -0.478 e. The third kappa shape index (κ3) is 3.30. The van der Waals surface area contributed by atoms with E-state index in [0.717, 1.165) is 52.5 Å². The molecule has 0 radical (unpaired) electrons. The van der Waals surface area contributed by atoms with E-state index in [9.17, 15) is 9.90 Å². The van der Waals surface area contributed by atoms with Crippen molar-refractivity contribution in [2.45, 2.75) is 33.1 Å². The van der Waals surface area contributed by atoms with Crippen LogP contribution in [0.15, 0.2) is 48.5 Å². The number of aromatic carboxylic acids is 1. The number of aromatic nitrogens is 1. The number of rotatable bonds is 6. The smallest absolute Gasteiger partial charge is 0.336 e. The van der Waals surface area contributed by atoms with Crippen LogP contribution in [0, 0.1) is 13.8 Å². The number of benzene rings is 3. The topological polar surface area (TPSA) is 79.1 Å². The summed E-state index contributed by atoms with van der Waals surface area (Å²) in [4.78, 5) is 15.6. The van der Waals surface area contributed by atoms with Crippen LogP contribution in [-0.4, -0.2) is 22.6 Å². The van der Waals surface area contributed by atoms with Crippen molar-refractivity contribution < 1.29 is 9.90 Å². The van der Waals surface area contributed by atoms with E-state index in [1.54, 1.807) is 6.07 Å². The van der Waals surface area contributed by atoms with Crippen LogP contribution in [0.1, 0.15) is 39.9 Å². The average molecular weight is 386 g/mol. The van der Waals surface area contributed by atoms with E-state index in [1.165, 1.54) is 16.3 Å². The summed E-state index contributed by atoms with van der Waals surface area (Å²) in [5, 5.41) is 13.0. The van der Waals surface area contributed by atoms with Gasteiger partial charge in [-0.1, -0.05) is 42.5 Å². The Morgan fingerprint density at radius 1 is 0.966 bits per heavy atom. The minimum atomic E-state index is -0.894. The van der Waals surface area contributed by atoms with Crippen LogP contribution in [0.4, 0.5) is 0 Å². The van der Waals surface area contributed by atoms with Gasteiger partial charge in [-0.25, -0.2) is 4.79 Å². The fraction of sp³-hybridized carbons (Fsp3) is 0.240. The van der Waals surface area contributed by atoms with Gasteiger partial charge in [0, 0.05) is 16.5 Å². The van der Waals surface area contributed by atoms with Crippen molar-refractivity contribution in [1.29, 1.82) is 0 Å². The Bertz CT molecular complexity index is 1220. The van der Waals surface area contributed by atoms with Crippen LogP contribution >= 0.6 is 0 Å². The third-order valence-electron chi connectivity index (χ3n) is 5.79. The van der Waals surface area contributed by atoms with Gasteiger partial charge >= 0.3 is 5.97 Å². The number of carbonyl (C=O) groups is 1. The Morgan fingerprint density at radius 2 is 1.69 bits per heavy atom. The van der Waals surface area contributed by atoms with E-state index >= 15 is 0 Å². The van der Waals surface area contributed by atoms with E-state index in [1.807, 2.05) is 13.0 Å². The number of H-pyrrole nitrogens is 1. The van der Waals surface area contributed by atoms with Crippen LogP contribution in [-0.2, 0) is 6.42 Å². The van der Waals surface area contributed by atoms with Crippen molar-refractivity contribution in [3.05, 3.63) is 70.8 Å². The van der Waals surface area contributed by atoms with E-state index in [2.05, 4.69) is 48.3 Å². The molecule has 3 aromatic carbocycles. The Labute approximate surface area is 170 Å². The van der Waals surface area contributed by atoms with Crippen molar-refractivity contribution in [1.82, 2.24) is 4.98 Å². The molecule has 1 aromatic heterocycles. The first-order chi connectivity index (χ1) is 14.0. The molecule has 0 fully saturated rings. The molecule has 0 saturated heterocycles. The van der Waals surface area contributed by atoms with Gasteiger partial charge in [-0.2, -0.15) is 0 Å². The average Bonchev–Trinajstić information content (AvgIpc) is 3.09. The lowest BCUT2D eigenvalue weighted by Crippen LogP contribution is -2.01. The summed E-state index contributed by atoms with van der Waals surface area (Å²) in [6.45, 7) is 4.77. The van der Waals surface area contributed by atoms with Crippen molar-refractivity contribution in [2.24, 2.45) is 5.73 Å². The summed E-state index contributed by atoms with van der Waals surface area (Å²) < 4.78 is 0. The predicted octanol–water partition coefficient (Wildman–Crippen LogP) is 5.58. The first-order valence-corrected chi connectivity index (χ1v) is 10.1. The van der Waals surface area contributed by atoms with E-state index in [0.29, 0.717) is 12.1 Å². The molecule has 0 saturated carbocycles. The molecule has 0 unspecified atom stereocenters. The van der Waals surface area contributed by atoms with Crippen LogP contribution in [0.25, 0.3) is 32.9 Å². The molecule has 148 valence electrons. The van der Waals surface area contributed by atoms with Crippen LogP contribution < -0.4 is 5.73 Å². The summed E-state index contributed by atoms with van der Waals surface area (Å²) >= 11 is 0. The number of hydrogen-bond donors (Lipinski definition) is 3. The monoisotopic (exact) mass is 386 g/mol. The largest absolute Gasteiger partial charge is 0.478 e. The Kier molecular flexibility index (Phi) is 5.12. The lowest BCUT2D eigenvalue weighted by Gasteiger charge is -2.11. The number of fused-ring (bicyclic) bond motifs is 2. The molecule has 4 N–H and O–H groups in total. The fourth-order valence-corrected chi connectivity index (χ4v) is 4.28. The second-order valence-corrected chi connectivity index (χ2v) is 7.69. The summed E-state index contributed by atoms with van der Waals surface area (Å²) in [5.41, 5.74) is 12.5. The number of nitrogens with one attached hydrogen (secondary N) is 1. The lowest BCUT2D eigenvalue weighted by atomic mass is 9.93. The second kappa shape index (κ2) is 7.72. The van der Waals surface area contributed by atoms with Gasteiger partial charge in [0.05, 0.1) is 11.3 Å². The highest BCUT2D eigenvalue weighted by Crippen LogP contribution is 2.38. The van der Waals surface area contributed by atoms with E-state index in [4.69, 9.17) is 5.73 Å². The molecule has 1 heterocycles. The Hall–Kier alpha value is -3.11. The van der Waals surface area contributed by atoms with Gasteiger partial charge in [-0.15, -0.1) is 0 Å². The SMILES string of the molecule is Cc1ccc(-c2[nH]c3c(C)ccc(C(=O)O)c3c2CCCCN)c2ccccc12. The zero-order chi connectivity index (χ0) is 20.5. The molecule has 4 aromatic rings. The van der Waals surface area contributed by atoms with Gasteiger partial charge in [0.25, 0.3) is 0 Å². The van der Waals surface area contributed by atoms with Gasteiger partial charge in [0.15, 0.2) is 0 Å². The van der Waals surface area contributed by atoms with Crippen molar-refractivity contribution in [2.75, 3.05) is 6.54 Å². The quantitative estimate of drug-likeness (QED) is 0.378. The van der Waals surface area contributed by atoms with Gasteiger partial charge in [0.1, 0.15) is 0 Å². The molecule has 0 bridgehead atoms. The van der Waals surface area contributed by atoms with Crippen molar-refractivity contribution in [3.63, 3.8) is 0 Å². The van der Waals surface area contributed by atoms with Crippen LogP contribution in [0.3, 0.4) is 0 Å². The predicted molar refractivity (Wildman–Crippen MR) is 120 cm³/mol. The zero-order valence-corrected chi connectivity index (χ0v) is 16.9. The fourth-order valence-electron chi connectivity index (χ4n) is 4.28. The first-order valence-electron chi connectivity index (χ1n) is 10.1. The highest BCUT2D eigenvalue weighted by molar-refractivity contribution is 6.09. The highest BCUT2D eigenvalue weighted by atomic mass is 16.4. The van der Waals surface area contributed by atoms with Gasteiger partial charge in [0.2, 0.25) is 0 Å². The van der Waals surface area contributed by atoms with Crippen LogP contribution in [0.2, 0.25) is 0 Å². The highest BCUT2D eigenvalue weighted by Gasteiger charge is 2.21.